The van der Waals surface area contributed by atoms with Crippen LogP contribution in [0.4, 0.5) is 11.5 Å². The summed E-state index contributed by atoms with van der Waals surface area (Å²) in [5, 5.41) is 18.7. The number of nitrogens with one attached hydrogen (secondary N) is 1. The largest absolute Gasteiger partial charge is 0.355 e. The van der Waals surface area contributed by atoms with Gasteiger partial charge in [0, 0.05) is 43.3 Å². The van der Waals surface area contributed by atoms with Crippen molar-refractivity contribution in [3.05, 3.63) is 42.0 Å². The van der Waals surface area contributed by atoms with Gasteiger partial charge < -0.3 is 15.1 Å². The molecule has 0 bridgehead atoms. The average molecular weight is 420 g/mol. The maximum absolute atomic E-state index is 12.8. The van der Waals surface area contributed by atoms with Crippen molar-refractivity contribution in [2.45, 2.75) is 25.7 Å². The normalized spacial score (nSPS) is 17.3. The summed E-state index contributed by atoms with van der Waals surface area (Å²) in [5.74, 6) is 0.751. The maximum atomic E-state index is 12.8. The number of aromatic nitrogens is 5. The zero-order valence-corrected chi connectivity index (χ0v) is 17.1. The average Bonchev–Trinajstić information content (AvgIpc) is 3.50. The van der Waals surface area contributed by atoms with E-state index in [1.165, 1.54) is 4.63 Å². The standard InChI is InChI=1S/C21H24N8O2/c30-20(22-17-5-3-4-16(14-17)21(31)28-10-1-2-11-28)15-8-12-27(13-9-15)19-7-6-18-23-25-26-29(18)24-19/h3-7,14-15H,1-2,8-13H2,(H,22,30). The molecule has 160 valence electrons. The van der Waals surface area contributed by atoms with Crippen molar-refractivity contribution in [3.8, 4) is 0 Å². The molecular weight excluding hydrogens is 396 g/mol. The lowest BCUT2D eigenvalue weighted by atomic mass is 9.95. The van der Waals surface area contributed by atoms with E-state index in [4.69, 9.17) is 0 Å². The topological polar surface area (TPSA) is 109 Å². The Kier molecular flexibility index (Phi) is 5.19. The smallest absolute Gasteiger partial charge is 0.253 e. The number of benzene rings is 1. The Labute approximate surface area is 179 Å². The minimum atomic E-state index is -0.0778. The van der Waals surface area contributed by atoms with Gasteiger partial charge in [0.2, 0.25) is 5.91 Å². The highest BCUT2D eigenvalue weighted by atomic mass is 16.2. The third-order valence-electron chi connectivity index (χ3n) is 6.02. The molecule has 3 aromatic rings. The first kappa shape index (κ1) is 19.4. The summed E-state index contributed by atoms with van der Waals surface area (Å²) >= 11 is 0. The SMILES string of the molecule is O=C(Nc1cccc(C(=O)N2CCCC2)c1)C1CCN(c2ccc3nnnn3n2)CC1. The number of likely N-dealkylation sites (tertiary alicyclic amines) is 1. The summed E-state index contributed by atoms with van der Waals surface area (Å²) in [6.45, 7) is 3.07. The van der Waals surface area contributed by atoms with Crippen LogP contribution in [-0.4, -0.2) is 68.1 Å². The molecule has 2 amide bonds. The van der Waals surface area contributed by atoms with E-state index in [-0.39, 0.29) is 17.7 Å². The molecule has 0 unspecified atom stereocenters. The van der Waals surface area contributed by atoms with Gasteiger partial charge in [-0.2, -0.15) is 0 Å². The molecule has 0 aliphatic carbocycles. The summed E-state index contributed by atoms with van der Waals surface area (Å²) < 4.78 is 1.41. The first-order valence-electron chi connectivity index (χ1n) is 10.7. The summed E-state index contributed by atoms with van der Waals surface area (Å²) in [5.41, 5.74) is 1.89. The molecule has 2 aromatic heterocycles. The molecule has 4 heterocycles. The molecule has 10 nitrogen and oxygen atoms in total. The van der Waals surface area contributed by atoms with Crippen molar-refractivity contribution in [3.63, 3.8) is 0 Å². The molecule has 0 atom stereocenters. The number of piperidine rings is 1. The molecule has 0 radical (unpaired) electrons. The molecular formula is C21H24N8O2. The van der Waals surface area contributed by atoms with Crippen molar-refractivity contribution >= 4 is 29.0 Å². The van der Waals surface area contributed by atoms with Gasteiger partial charge in [0.15, 0.2) is 11.5 Å². The van der Waals surface area contributed by atoms with Gasteiger partial charge in [-0.1, -0.05) is 6.07 Å². The predicted molar refractivity (Wildman–Crippen MR) is 114 cm³/mol. The highest BCUT2D eigenvalue weighted by molar-refractivity contribution is 5.97. The second kappa shape index (κ2) is 8.29. The van der Waals surface area contributed by atoms with E-state index in [0.29, 0.717) is 16.9 Å². The van der Waals surface area contributed by atoms with Crippen LogP contribution in [-0.2, 0) is 4.79 Å². The van der Waals surface area contributed by atoms with Crippen molar-refractivity contribution < 1.29 is 9.59 Å². The first-order valence-corrected chi connectivity index (χ1v) is 10.7. The Morgan fingerprint density at radius 2 is 1.81 bits per heavy atom. The number of nitrogens with zero attached hydrogens (tertiary/aromatic N) is 7. The van der Waals surface area contributed by atoms with Gasteiger partial charge in [0.25, 0.3) is 5.91 Å². The minimum Gasteiger partial charge on any atom is -0.355 e. The van der Waals surface area contributed by atoms with Crippen LogP contribution in [0.5, 0.6) is 0 Å². The van der Waals surface area contributed by atoms with Gasteiger partial charge >= 0.3 is 0 Å². The van der Waals surface area contributed by atoms with Crippen LogP contribution in [0.1, 0.15) is 36.0 Å². The molecule has 2 aliphatic rings. The van der Waals surface area contributed by atoms with Gasteiger partial charge in [-0.3, -0.25) is 9.59 Å². The lowest BCUT2D eigenvalue weighted by Gasteiger charge is -2.31. The predicted octanol–water partition coefficient (Wildman–Crippen LogP) is 1.61. The number of anilines is 2. The summed E-state index contributed by atoms with van der Waals surface area (Å²) in [6.07, 6.45) is 3.57. The van der Waals surface area contributed by atoms with Crippen LogP contribution in [0.3, 0.4) is 0 Å². The summed E-state index contributed by atoms with van der Waals surface area (Å²) in [4.78, 5) is 29.4. The summed E-state index contributed by atoms with van der Waals surface area (Å²) in [7, 11) is 0. The third kappa shape index (κ3) is 4.05. The van der Waals surface area contributed by atoms with E-state index in [1.54, 1.807) is 6.07 Å². The van der Waals surface area contributed by atoms with E-state index in [9.17, 15) is 9.59 Å². The lowest BCUT2D eigenvalue weighted by Crippen LogP contribution is -2.38. The fourth-order valence-corrected chi connectivity index (χ4v) is 4.26. The Bertz CT molecular complexity index is 1100. The van der Waals surface area contributed by atoms with Crippen LogP contribution >= 0.6 is 0 Å². The van der Waals surface area contributed by atoms with Gasteiger partial charge in [-0.25, -0.2) is 0 Å². The zero-order valence-electron chi connectivity index (χ0n) is 17.1. The third-order valence-corrected chi connectivity index (χ3v) is 6.02. The Hall–Kier alpha value is -3.56. The van der Waals surface area contributed by atoms with E-state index < -0.39 is 0 Å². The van der Waals surface area contributed by atoms with Crippen LogP contribution < -0.4 is 10.2 Å². The number of hydrogen-bond donors (Lipinski definition) is 1. The minimum absolute atomic E-state index is 0.00527. The van der Waals surface area contributed by atoms with Gasteiger partial charge in [0.05, 0.1) is 0 Å². The molecule has 2 aliphatic heterocycles. The number of carbonyl (C=O) groups excluding carboxylic acids is 2. The molecule has 0 spiro atoms. The van der Waals surface area contributed by atoms with Crippen LogP contribution in [0.15, 0.2) is 36.4 Å². The van der Waals surface area contributed by atoms with Crippen LogP contribution in [0, 0.1) is 5.92 Å². The Balaban J connectivity index is 1.19. The van der Waals surface area contributed by atoms with Gasteiger partial charge in [-0.15, -0.1) is 14.8 Å². The molecule has 31 heavy (non-hydrogen) atoms. The second-order valence-corrected chi connectivity index (χ2v) is 8.05. The van der Waals surface area contributed by atoms with Crippen LogP contribution in [0.2, 0.25) is 0 Å². The zero-order chi connectivity index (χ0) is 21.2. The Morgan fingerprint density at radius 1 is 1.00 bits per heavy atom. The molecule has 1 N–H and O–H groups in total. The maximum Gasteiger partial charge on any atom is 0.253 e. The lowest BCUT2D eigenvalue weighted by molar-refractivity contribution is -0.120. The van der Waals surface area contributed by atoms with E-state index in [0.717, 1.165) is 57.7 Å². The highest BCUT2D eigenvalue weighted by Crippen LogP contribution is 2.24. The second-order valence-electron chi connectivity index (χ2n) is 8.05. The molecule has 10 heteroatoms. The number of carbonyl (C=O) groups is 2. The molecule has 5 rings (SSSR count). The fraction of sp³-hybridized carbons (Fsp3) is 0.429. The number of fused-ring (bicyclic) bond motifs is 1. The first-order chi connectivity index (χ1) is 15.2. The fourth-order valence-electron chi connectivity index (χ4n) is 4.26. The quantitative estimate of drug-likeness (QED) is 0.683. The number of tetrazole rings is 1. The monoisotopic (exact) mass is 420 g/mol. The number of amides is 2. The van der Waals surface area contributed by atoms with Crippen molar-refractivity contribution in [2.24, 2.45) is 5.92 Å². The molecule has 2 fully saturated rings. The Morgan fingerprint density at radius 3 is 2.61 bits per heavy atom. The van der Waals surface area contributed by atoms with Crippen molar-refractivity contribution in [2.75, 3.05) is 36.4 Å². The van der Waals surface area contributed by atoms with Crippen LogP contribution in [0.25, 0.3) is 5.65 Å². The van der Waals surface area contributed by atoms with Crippen molar-refractivity contribution in [1.29, 1.82) is 0 Å². The number of hydrogen-bond acceptors (Lipinski definition) is 7. The molecule has 2 saturated heterocycles. The van der Waals surface area contributed by atoms with E-state index in [1.807, 2.05) is 35.2 Å². The van der Waals surface area contributed by atoms with E-state index >= 15 is 0 Å². The van der Waals surface area contributed by atoms with Crippen molar-refractivity contribution in [1.82, 2.24) is 30.2 Å². The number of rotatable bonds is 4. The van der Waals surface area contributed by atoms with E-state index in [2.05, 4.69) is 30.8 Å². The summed E-state index contributed by atoms with van der Waals surface area (Å²) in [6, 6.07) is 11.0. The molecule has 1 aromatic carbocycles. The highest BCUT2D eigenvalue weighted by Gasteiger charge is 2.26. The molecule has 0 saturated carbocycles. The van der Waals surface area contributed by atoms with Gasteiger partial charge in [0.1, 0.15) is 0 Å². The van der Waals surface area contributed by atoms with Gasteiger partial charge in [-0.05, 0) is 66.4 Å².